The number of aryl methyl sites for hydroxylation is 1. The minimum absolute atomic E-state index is 0.245. The van der Waals surface area contributed by atoms with Gasteiger partial charge in [-0.2, -0.15) is 0 Å². The molecule has 1 saturated heterocycles. The summed E-state index contributed by atoms with van der Waals surface area (Å²) in [5, 5.41) is 3.73. The average Bonchev–Trinajstić information content (AvgIpc) is 3.21. The van der Waals surface area contributed by atoms with E-state index in [1.807, 2.05) is 6.07 Å². The number of hydrogen-bond acceptors (Lipinski definition) is 6. The van der Waals surface area contributed by atoms with Crippen LogP contribution in [0.5, 0.6) is 0 Å². The van der Waals surface area contributed by atoms with E-state index in [0.29, 0.717) is 30.4 Å². The molecule has 2 aliphatic rings. The highest BCUT2D eigenvalue weighted by Crippen LogP contribution is 2.38. The summed E-state index contributed by atoms with van der Waals surface area (Å²) in [5.74, 6) is -1.34. The zero-order chi connectivity index (χ0) is 22.1. The highest BCUT2D eigenvalue weighted by Gasteiger charge is 2.34. The fraction of sp³-hybridized carbons (Fsp3) is 0.238. The number of thioether (sulfide) groups is 1. The molecule has 1 aliphatic carbocycles. The van der Waals surface area contributed by atoms with E-state index in [-0.39, 0.29) is 12.5 Å². The van der Waals surface area contributed by atoms with Gasteiger partial charge in [0.1, 0.15) is 15.9 Å². The first-order valence-corrected chi connectivity index (χ1v) is 12.0. The van der Waals surface area contributed by atoms with Gasteiger partial charge in [-0.05, 0) is 49.0 Å². The van der Waals surface area contributed by atoms with Crippen molar-refractivity contribution in [3.8, 4) is 0 Å². The topological polar surface area (TPSA) is 92.5 Å². The first-order chi connectivity index (χ1) is 14.8. The van der Waals surface area contributed by atoms with Gasteiger partial charge in [0.15, 0.2) is 0 Å². The molecule has 1 fully saturated rings. The van der Waals surface area contributed by atoms with Gasteiger partial charge >= 0.3 is 0 Å². The van der Waals surface area contributed by atoms with Crippen molar-refractivity contribution >= 4 is 80.0 Å². The van der Waals surface area contributed by atoms with E-state index in [1.54, 1.807) is 24.3 Å². The number of thiophene rings is 1. The number of benzene rings is 1. The fourth-order valence-electron chi connectivity index (χ4n) is 3.59. The molecule has 3 N–H and O–H groups in total. The summed E-state index contributed by atoms with van der Waals surface area (Å²) >= 11 is 14.0. The minimum Gasteiger partial charge on any atom is -0.365 e. The average molecular weight is 492 g/mol. The van der Waals surface area contributed by atoms with Crippen molar-refractivity contribution in [3.05, 3.63) is 55.8 Å². The van der Waals surface area contributed by atoms with E-state index in [4.69, 9.17) is 29.6 Å². The van der Waals surface area contributed by atoms with Crippen LogP contribution in [0.2, 0.25) is 5.02 Å². The maximum absolute atomic E-state index is 12.8. The van der Waals surface area contributed by atoms with Gasteiger partial charge in [0.25, 0.3) is 11.8 Å². The molecule has 0 unspecified atom stereocenters. The molecule has 0 spiro atoms. The van der Waals surface area contributed by atoms with Crippen molar-refractivity contribution in [1.82, 2.24) is 4.90 Å². The molecular weight excluding hydrogens is 474 g/mol. The monoisotopic (exact) mass is 491 g/mol. The molecule has 1 aromatic carbocycles. The van der Waals surface area contributed by atoms with Crippen molar-refractivity contribution in [2.24, 2.45) is 5.73 Å². The Bertz CT molecular complexity index is 1140. The molecule has 160 valence electrons. The Kier molecular flexibility index (Phi) is 6.47. The van der Waals surface area contributed by atoms with Gasteiger partial charge in [0, 0.05) is 9.90 Å². The largest absolute Gasteiger partial charge is 0.365 e. The van der Waals surface area contributed by atoms with Crippen molar-refractivity contribution < 1.29 is 14.4 Å². The summed E-state index contributed by atoms with van der Waals surface area (Å²) in [6.07, 6.45) is 5.36. The van der Waals surface area contributed by atoms with Gasteiger partial charge in [0.05, 0.1) is 10.5 Å². The Morgan fingerprint density at radius 1 is 1.26 bits per heavy atom. The van der Waals surface area contributed by atoms with Gasteiger partial charge in [0.2, 0.25) is 5.91 Å². The molecule has 0 atom stereocenters. The zero-order valence-corrected chi connectivity index (χ0v) is 19.5. The summed E-state index contributed by atoms with van der Waals surface area (Å²) in [6.45, 7) is -0.245. The van der Waals surface area contributed by atoms with Crippen LogP contribution in [0.25, 0.3) is 6.08 Å². The number of fused-ring (bicyclic) bond motifs is 1. The maximum atomic E-state index is 12.8. The van der Waals surface area contributed by atoms with Crippen LogP contribution in [-0.4, -0.2) is 33.5 Å². The second-order valence-electron chi connectivity index (χ2n) is 7.12. The van der Waals surface area contributed by atoms with Crippen LogP contribution in [0.3, 0.4) is 0 Å². The number of halogens is 1. The lowest BCUT2D eigenvalue weighted by Crippen LogP contribution is -2.36. The van der Waals surface area contributed by atoms with Crippen LogP contribution in [0.1, 0.15) is 39.2 Å². The van der Waals surface area contributed by atoms with Crippen LogP contribution in [0.15, 0.2) is 29.2 Å². The summed E-state index contributed by atoms with van der Waals surface area (Å²) in [5.41, 5.74) is 7.60. The van der Waals surface area contributed by atoms with E-state index < -0.39 is 11.8 Å². The normalized spacial score (nSPS) is 17.2. The maximum Gasteiger partial charge on any atom is 0.266 e. The van der Waals surface area contributed by atoms with Crippen LogP contribution < -0.4 is 11.1 Å². The molecule has 2 heterocycles. The molecule has 6 nitrogen and oxygen atoms in total. The highest BCUT2D eigenvalue weighted by molar-refractivity contribution is 8.26. The second-order valence-corrected chi connectivity index (χ2v) is 10.3. The van der Waals surface area contributed by atoms with Gasteiger partial charge in [-0.15, -0.1) is 11.3 Å². The van der Waals surface area contributed by atoms with Gasteiger partial charge in [-0.1, -0.05) is 53.8 Å². The molecular formula is C21H18ClN3O3S3. The fourth-order valence-corrected chi connectivity index (χ4v) is 6.34. The first-order valence-electron chi connectivity index (χ1n) is 9.59. The predicted molar refractivity (Wildman–Crippen MR) is 129 cm³/mol. The van der Waals surface area contributed by atoms with E-state index in [9.17, 15) is 14.4 Å². The summed E-state index contributed by atoms with van der Waals surface area (Å²) in [4.78, 5) is 40.2. The third-order valence-electron chi connectivity index (χ3n) is 5.04. The lowest BCUT2D eigenvalue weighted by molar-refractivity contribution is -0.126. The van der Waals surface area contributed by atoms with Crippen molar-refractivity contribution in [2.45, 2.75) is 25.7 Å². The third-order valence-corrected chi connectivity index (χ3v) is 7.97. The van der Waals surface area contributed by atoms with E-state index in [2.05, 4.69) is 5.32 Å². The lowest BCUT2D eigenvalue weighted by atomic mass is 9.95. The molecule has 0 bridgehead atoms. The van der Waals surface area contributed by atoms with Crippen LogP contribution >= 0.6 is 46.9 Å². The zero-order valence-electron chi connectivity index (χ0n) is 16.3. The lowest BCUT2D eigenvalue weighted by Gasteiger charge is -2.14. The molecule has 0 radical (unpaired) electrons. The molecule has 31 heavy (non-hydrogen) atoms. The van der Waals surface area contributed by atoms with Gasteiger partial charge < -0.3 is 11.1 Å². The van der Waals surface area contributed by atoms with Crippen molar-refractivity contribution in [2.75, 3.05) is 11.9 Å². The summed E-state index contributed by atoms with van der Waals surface area (Å²) in [7, 11) is 0. The third kappa shape index (κ3) is 4.55. The Morgan fingerprint density at radius 2 is 2.00 bits per heavy atom. The van der Waals surface area contributed by atoms with Gasteiger partial charge in [-0.3, -0.25) is 19.3 Å². The number of rotatable bonds is 5. The molecule has 0 saturated carbocycles. The standard InChI is InChI=1S/C21H18ClN3O3S3/c22-13-7-3-1-5-11(13)9-15-20(28)25(21(29)31-15)10-16(26)24-19-17(18(23)27)12-6-2-4-8-14(12)30-19/h1,3,5,7,9H,2,4,6,8,10H2,(H2,23,27)(H,24,26)/b15-9-. The Labute approximate surface area is 197 Å². The number of hydrogen-bond donors (Lipinski definition) is 2. The Hall–Kier alpha value is -2.20. The van der Waals surface area contributed by atoms with Crippen LogP contribution in [-0.2, 0) is 22.4 Å². The summed E-state index contributed by atoms with van der Waals surface area (Å²) in [6, 6.07) is 7.16. The molecule has 4 rings (SSSR count). The van der Waals surface area contributed by atoms with Gasteiger partial charge in [-0.25, -0.2) is 0 Å². The summed E-state index contributed by atoms with van der Waals surface area (Å²) < 4.78 is 0.291. The second kappa shape index (κ2) is 9.12. The van der Waals surface area contributed by atoms with E-state index in [1.165, 1.54) is 16.2 Å². The molecule has 1 aromatic heterocycles. The predicted octanol–water partition coefficient (Wildman–Crippen LogP) is 4.22. The number of thiocarbonyl (C=S) groups is 1. The highest BCUT2D eigenvalue weighted by atomic mass is 35.5. The van der Waals surface area contributed by atoms with Crippen molar-refractivity contribution in [1.29, 1.82) is 0 Å². The molecule has 3 amide bonds. The minimum atomic E-state index is -0.553. The SMILES string of the molecule is NC(=O)c1c(NC(=O)CN2C(=O)/C(=C/c3ccccc3Cl)SC2=S)sc2c1CCCC2. The number of primary amides is 1. The van der Waals surface area contributed by atoms with Crippen LogP contribution in [0, 0.1) is 0 Å². The number of carbonyl (C=O) groups is 3. The van der Waals surface area contributed by atoms with E-state index in [0.717, 1.165) is 47.9 Å². The number of carbonyl (C=O) groups excluding carboxylic acids is 3. The van der Waals surface area contributed by atoms with E-state index >= 15 is 0 Å². The quantitative estimate of drug-likeness (QED) is 0.482. The number of nitrogens with zero attached hydrogens (tertiary/aromatic N) is 1. The molecule has 2 aromatic rings. The van der Waals surface area contributed by atoms with Crippen LogP contribution in [0.4, 0.5) is 5.00 Å². The Morgan fingerprint density at radius 3 is 2.74 bits per heavy atom. The number of amides is 3. The molecule has 10 heteroatoms. The smallest absolute Gasteiger partial charge is 0.266 e. The first kappa shape index (κ1) is 22.0. The number of anilines is 1. The number of nitrogens with one attached hydrogen (secondary N) is 1. The molecule has 1 aliphatic heterocycles. The number of nitrogens with two attached hydrogens (primary N) is 1. The Balaban J connectivity index is 1.50. The van der Waals surface area contributed by atoms with Crippen molar-refractivity contribution in [3.63, 3.8) is 0 Å².